The third-order valence-corrected chi connectivity index (χ3v) is 10.6. The Morgan fingerprint density at radius 2 is 1.73 bits per heavy atom. The largest absolute Gasteiger partial charge is 0.405 e. The molecule has 9 unspecified atom stereocenters. The minimum absolute atomic E-state index is 0.0112. The van der Waals surface area contributed by atoms with Gasteiger partial charge in [-0.1, -0.05) is 0 Å². The first-order chi connectivity index (χ1) is 19.4. The van der Waals surface area contributed by atoms with Crippen molar-refractivity contribution in [3.63, 3.8) is 0 Å². The van der Waals surface area contributed by atoms with E-state index in [4.69, 9.17) is 10.1 Å². The van der Waals surface area contributed by atoms with Crippen LogP contribution in [0.4, 0.5) is 22.0 Å². The van der Waals surface area contributed by atoms with Crippen LogP contribution in [0.5, 0.6) is 0 Å². The molecule has 6 rings (SSSR count). The second-order valence-electron chi connectivity index (χ2n) is 13.0. The summed E-state index contributed by atoms with van der Waals surface area (Å²) < 4.78 is 73.9. The molecule has 0 aromatic heterocycles. The summed E-state index contributed by atoms with van der Waals surface area (Å²) in [5.74, 6) is -2.78. The maximum atomic E-state index is 14.2. The molecule has 0 bridgehead atoms. The molecule has 234 valence electrons. The molecule has 6 N–H and O–H groups in total. The van der Waals surface area contributed by atoms with E-state index >= 15 is 0 Å². The van der Waals surface area contributed by atoms with Crippen molar-refractivity contribution in [2.75, 3.05) is 47.5 Å². The van der Waals surface area contributed by atoms with E-state index in [0.29, 0.717) is 31.6 Å². The maximum Gasteiger partial charge on any atom is 0.405 e. The zero-order valence-electron chi connectivity index (χ0n) is 23.9. The van der Waals surface area contributed by atoms with E-state index in [9.17, 15) is 22.0 Å². The van der Waals surface area contributed by atoms with Gasteiger partial charge in [-0.15, -0.1) is 0 Å². The summed E-state index contributed by atoms with van der Waals surface area (Å²) in [7, 11) is 5.26. The molecule has 41 heavy (non-hydrogen) atoms. The van der Waals surface area contributed by atoms with Crippen LogP contribution in [0.1, 0.15) is 32.1 Å². The summed E-state index contributed by atoms with van der Waals surface area (Å²) in [6, 6.07) is -1.89. The van der Waals surface area contributed by atoms with Gasteiger partial charge in [-0.3, -0.25) is 31.6 Å². The Morgan fingerprint density at radius 1 is 1.02 bits per heavy atom. The van der Waals surface area contributed by atoms with Crippen molar-refractivity contribution in [2.45, 2.75) is 87.1 Å². The summed E-state index contributed by atoms with van der Waals surface area (Å²) in [5, 5.41) is 25.4. The molecule has 10 nitrogen and oxygen atoms in total. The first kappa shape index (κ1) is 29.7. The van der Waals surface area contributed by atoms with Gasteiger partial charge in [0.25, 0.3) is 5.92 Å². The number of alkyl halides is 5. The number of nitrogens with one attached hydrogen (secondary N) is 6. The molecule has 4 aliphatic heterocycles. The average Bonchev–Trinajstić information content (AvgIpc) is 3.28. The van der Waals surface area contributed by atoms with Gasteiger partial charge in [-0.05, 0) is 44.6 Å². The monoisotopic (exact) mass is 593 g/mol. The lowest BCUT2D eigenvalue weighted by atomic mass is 9.80. The minimum Gasteiger partial charge on any atom is -0.366 e. The summed E-state index contributed by atoms with van der Waals surface area (Å²) in [4.78, 5) is 5.85. The number of rotatable bonds is 6. The van der Waals surface area contributed by atoms with E-state index in [0.717, 1.165) is 25.7 Å². The molecule has 9 atom stereocenters. The predicted octanol–water partition coefficient (Wildman–Crippen LogP) is 0.743. The minimum atomic E-state index is -4.24. The molecule has 0 aromatic carbocycles. The predicted molar refractivity (Wildman–Crippen MR) is 142 cm³/mol. The van der Waals surface area contributed by atoms with E-state index in [1.165, 1.54) is 0 Å². The Labute approximate surface area is 237 Å². The van der Waals surface area contributed by atoms with E-state index in [1.807, 2.05) is 11.9 Å². The summed E-state index contributed by atoms with van der Waals surface area (Å²) >= 11 is 0. The Bertz CT molecular complexity index is 966. The lowest BCUT2D eigenvalue weighted by Crippen LogP contribution is -2.73. The van der Waals surface area contributed by atoms with Gasteiger partial charge in [-0.25, -0.2) is 8.78 Å². The zero-order valence-corrected chi connectivity index (χ0v) is 23.9. The normalized spacial score (nSPS) is 45.3. The van der Waals surface area contributed by atoms with Crippen molar-refractivity contribution in [2.24, 2.45) is 23.7 Å². The fourth-order valence-electron chi connectivity index (χ4n) is 8.14. The first-order valence-electron chi connectivity index (χ1n) is 14.9. The van der Waals surface area contributed by atoms with Crippen LogP contribution in [0.15, 0.2) is 0 Å². The van der Waals surface area contributed by atoms with E-state index in [-0.39, 0.29) is 49.3 Å². The number of likely N-dealkylation sites (N-methyl/N-ethyl adjacent to an activating group) is 2. The van der Waals surface area contributed by atoms with Crippen LogP contribution in [0.25, 0.3) is 0 Å². The van der Waals surface area contributed by atoms with Crippen molar-refractivity contribution in [3.8, 4) is 0 Å². The fraction of sp³-hybridized carbons (Fsp3) is 0.962. The Kier molecular flexibility index (Phi) is 7.95. The number of ether oxygens (including phenoxy) is 1. The number of nitrogens with zero attached hydrogens (tertiary/aromatic N) is 3. The molecular weight excluding hydrogens is 549 g/mol. The molecule has 0 radical (unpaired) electrons. The van der Waals surface area contributed by atoms with Crippen molar-refractivity contribution < 1.29 is 26.7 Å². The standard InChI is InChI=1S/C26H44F5N9O/c1-38-11-17(26(29,30)31)36-21(38)14-6-4-13(5-7-14)10-40-22-16(39(2)24(40)32)9-33-20(37-22)18-19(15-8-25(15,27)28)34-12-35-23(18)41-3/h13-23,32-37H,4-12H2,1-3H3. The highest BCUT2D eigenvalue weighted by atomic mass is 19.4. The van der Waals surface area contributed by atoms with Crippen molar-refractivity contribution in [3.05, 3.63) is 0 Å². The fourth-order valence-corrected chi connectivity index (χ4v) is 8.14. The molecule has 0 aromatic rings. The summed E-state index contributed by atoms with van der Waals surface area (Å²) in [5.41, 5.74) is 0. The van der Waals surface area contributed by atoms with Crippen LogP contribution in [0, 0.1) is 29.1 Å². The summed E-state index contributed by atoms with van der Waals surface area (Å²) in [6.45, 7) is 1.65. The molecule has 2 saturated carbocycles. The van der Waals surface area contributed by atoms with Gasteiger partial charge in [0.05, 0.1) is 18.4 Å². The third-order valence-electron chi connectivity index (χ3n) is 10.6. The second-order valence-corrected chi connectivity index (χ2v) is 13.0. The van der Waals surface area contributed by atoms with E-state index in [2.05, 4.69) is 31.5 Å². The highest BCUT2D eigenvalue weighted by Gasteiger charge is 2.64. The highest BCUT2D eigenvalue weighted by Crippen LogP contribution is 2.53. The van der Waals surface area contributed by atoms with Crippen LogP contribution in [-0.2, 0) is 4.74 Å². The molecule has 15 heteroatoms. The Morgan fingerprint density at radius 3 is 2.34 bits per heavy atom. The highest BCUT2D eigenvalue weighted by molar-refractivity contribution is 5.80. The van der Waals surface area contributed by atoms with Crippen LogP contribution < -0.4 is 26.6 Å². The second kappa shape index (κ2) is 11.0. The van der Waals surface area contributed by atoms with Gasteiger partial charge in [0.1, 0.15) is 18.4 Å². The van der Waals surface area contributed by atoms with Gasteiger partial charge >= 0.3 is 6.18 Å². The number of halogens is 5. The SMILES string of the molecule is COC1NCNC(C2CC2(F)F)C1C1NCC2C(N1)N(CC1CCC(C3NC(C(F)(F)F)CN3C)CC1)C(=N)N2C. The van der Waals surface area contributed by atoms with Gasteiger partial charge in [-0.2, -0.15) is 13.2 Å². The zero-order chi connectivity index (χ0) is 29.3. The van der Waals surface area contributed by atoms with E-state index in [1.54, 1.807) is 19.1 Å². The Hall–Kier alpha value is -1.36. The number of methoxy groups -OCH3 is 1. The molecular formula is C26H44F5N9O. The maximum absolute atomic E-state index is 14.2. The number of hydrogen-bond donors (Lipinski definition) is 6. The number of fused-ring (bicyclic) bond motifs is 1. The average molecular weight is 594 g/mol. The topological polar surface area (TPSA) is 103 Å². The smallest absolute Gasteiger partial charge is 0.366 e. The first-order valence-corrected chi connectivity index (χ1v) is 14.9. The molecule has 4 saturated heterocycles. The van der Waals surface area contributed by atoms with Gasteiger partial charge in [0, 0.05) is 64.8 Å². The van der Waals surface area contributed by atoms with Gasteiger partial charge < -0.3 is 19.9 Å². The van der Waals surface area contributed by atoms with E-state index < -0.39 is 36.3 Å². The van der Waals surface area contributed by atoms with Gasteiger partial charge in [0.2, 0.25) is 0 Å². The van der Waals surface area contributed by atoms with Crippen molar-refractivity contribution >= 4 is 5.96 Å². The van der Waals surface area contributed by atoms with Crippen LogP contribution >= 0.6 is 0 Å². The van der Waals surface area contributed by atoms with Crippen molar-refractivity contribution in [1.29, 1.82) is 5.41 Å². The molecule has 4 heterocycles. The molecule has 6 fully saturated rings. The molecule has 2 aliphatic carbocycles. The molecule has 0 amide bonds. The quantitative estimate of drug-likeness (QED) is 0.249. The number of guanidine groups is 1. The van der Waals surface area contributed by atoms with Crippen LogP contribution in [0.2, 0.25) is 0 Å². The van der Waals surface area contributed by atoms with Gasteiger partial charge in [0.15, 0.2) is 5.96 Å². The van der Waals surface area contributed by atoms with Crippen LogP contribution in [-0.4, -0.2) is 123 Å². The molecule has 6 aliphatic rings. The lowest BCUT2D eigenvalue weighted by molar-refractivity contribution is -0.150. The lowest BCUT2D eigenvalue weighted by Gasteiger charge is -2.48. The van der Waals surface area contributed by atoms with Crippen molar-refractivity contribution in [1.82, 2.24) is 41.3 Å². The van der Waals surface area contributed by atoms with Crippen LogP contribution in [0.3, 0.4) is 0 Å². The summed E-state index contributed by atoms with van der Waals surface area (Å²) in [6.07, 6.45) is -2.04. The Balaban J connectivity index is 1.09. The molecule has 0 spiro atoms. The number of hydrogen-bond acceptors (Lipinski definition) is 8. The third kappa shape index (κ3) is 5.55.